The Balaban J connectivity index is 2.39. The lowest BCUT2D eigenvalue weighted by atomic mass is 10.4. The van der Waals surface area contributed by atoms with E-state index in [-0.39, 0.29) is 10.7 Å². The molecule has 6 nitrogen and oxygen atoms in total. The van der Waals surface area contributed by atoms with Gasteiger partial charge in [0.1, 0.15) is 0 Å². The van der Waals surface area contributed by atoms with E-state index in [1.54, 1.807) is 19.2 Å². The van der Waals surface area contributed by atoms with Gasteiger partial charge in [0.05, 0.1) is 11.1 Å². The number of anilines is 1. The molecule has 18 heavy (non-hydrogen) atoms. The molecule has 0 aliphatic rings. The highest BCUT2D eigenvalue weighted by Crippen LogP contribution is 2.21. The average Bonchev–Trinajstić information content (AvgIpc) is 2.75. The van der Waals surface area contributed by atoms with Gasteiger partial charge >= 0.3 is 0 Å². The number of hydrogen-bond acceptors (Lipinski definition) is 4. The van der Waals surface area contributed by atoms with Crippen LogP contribution in [0.25, 0.3) is 0 Å². The van der Waals surface area contributed by atoms with Gasteiger partial charge in [0.25, 0.3) is 10.0 Å². The molecule has 0 saturated heterocycles. The molecule has 8 heteroatoms. The molecule has 0 saturated carbocycles. The van der Waals surface area contributed by atoms with Crippen LogP contribution < -0.4 is 4.31 Å². The number of nitrogens with zero attached hydrogens (tertiary/aromatic N) is 4. The van der Waals surface area contributed by atoms with Crippen molar-refractivity contribution >= 4 is 31.8 Å². The van der Waals surface area contributed by atoms with E-state index in [0.29, 0.717) is 0 Å². The zero-order valence-electron chi connectivity index (χ0n) is 9.78. The van der Waals surface area contributed by atoms with Gasteiger partial charge in [0.15, 0.2) is 5.82 Å². The summed E-state index contributed by atoms with van der Waals surface area (Å²) in [5.41, 5.74) is 0. The van der Waals surface area contributed by atoms with Crippen LogP contribution in [0.15, 0.2) is 39.8 Å². The average molecular weight is 331 g/mol. The molecule has 0 aliphatic heterocycles. The molecule has 1 heterocycles. The van der Waals surface area contributed by atoms with Crippen LogP contribution in [0.2, 0.25) is 0 Å². The summed E-state index contributed by atoms with van der Waals surface area (Å²) in [6.07, 6.45) is 1.40. The van der Waals surface area contributed by atoms with E-state index < -0.39 is 10.0 Å². The van der Waals surface area contributed by atoms with Gasteiger partial charge in [0.2, 0.25) is 0 Å². The standard InChI is InChI=1S/C10H11BrN4O2S/c1-14(10-7-12-15(2)13-10)18(16,17)9-5-3-8(11)4-6-9/h3-7H,1-2H3. The Hall–Kier alpha value is -1.41. The molecule has 0 unspecified atom stereocenters. The zero-order valence-corrected chi connectivity index (χ0v) is 12.2. The molecule has 0 radical (unpaired) electrons. The molecule has 1 aromatic heterocycles. The van der Waals surface area contributed by atoms with E-state index in [0.717, 1.165) is 8.78 Å². The summed E-state index contributed by atoms with van der Waals surface area (Å²) in [5, 5.41) is 7.81. The van der Waals surface area contributed by atoms with Crippen LogP contribution in [0.5, 0.6) is 0 Å². The molecular weight excluding hydrogens is 320 g/mol. The van der Waals surface area contributed by atoms with Crippen LogP contribution >= 0.6 is 15.9 Å². The summed E-state index contributed by atoms with van der Waals surface area (Å²) in [5.74, 6) is 0.278. The topological polar surface area (TPSA) is 68.1 Å². The molecular formula is C10H11BrN4O2S. The van der Waals surface area contributed by atoms with Crippen molar-refractivity contribution < 1.29 is 8.42 Å². The Morgan fingerprint density at radius 1 is 1.28 bits per heavy atom. The fourth-order valence-electron chi connectivity index (χ4n) is 1.37. The summed E-state index contributed by atoms with van der Waals surface area (Å²) in [6.45, 7) is 0. The number of halogens is 1. The Morgan fingerprint density at radius 3 is 2.39 bits per heavy atom. The molecule has 0 amide bonds. The van der Waals surface area contributed by atoms with Crippen LogP contribution in [-0.4, -0.2) is 30.5 Å². The molecule has 0 N–H and O–H groups in total. The SMILES string of the molecule is CN(c1cnn(C)n1)S(=O)(=O)c1ccc(Br)cc1. The summed E-state index contributed by atoms with van der Waals surface area (Å²) in [4.78, 5) is 1.52. The first-order valence-corrected chi connectivity index (χ1v) is 7.25. The number of aryl methyl sites for hydroxylation is 1. The van der Waals surface area contributed by atoms with Gasteiger partial charge in [-0.3, -0.25) is 4.31 Å². The summed E-state index contributed by atoms with van der Waals surface area (Å²) in [6, 6.07) is 6.42. The maximum Gasteiger partial charge on any atom is 0.265 e. The Labute approximate surface area is 113 Å². The van der Waals surface area contributed by atoms with E-state index in [1.807, 2.05) is 0 Å². The van der Waals surface area contributed by atoms with Gasteiger partial charge in [-0.1, -0.05) is 15.9 Å². The van der Waals surface area contributed by atoms with E-state index in [1.165, 1.54) is 30.2 Å². The second-order valence-electron chi connectivity index (χ2n) is 3.62. The third-order valence-corrected chi connectivity index (χ3v) is 4.69. The van der Waals surface area contributed by atoms with Crippen LogP contribution in [0.1, 0.15) is 0 Å². The molecule has 0 bridgehead atoms. The number of sulfonamides is 1. The molecule has 2 aromatic rings. The maximum absolute atomic E-state index is 12.3. The van der Waals surface area contributed by atoms with E-state index in [2.05, 4.69) is 26.1 Å². The van der Waals surface area contributed by atoms with Crippen molar-refractivity contribution in [3.05, 3.63) is 34.9 Å². The van der Waals surface area contributed by atoms with E-state index in [4.69, 9.17) is 0 Å². The highest BCUT2D eigenvalue weighted by Gasteiger charge is 2.23. The van der Waals surface area contributed by atoms with Crippen LogP contribution in [-0.2, 0) is 17.1 Å². The van der Waals surface area contributed by atoms with E-state index in [9.17, 15) is 8.42 Å². The minimum absolute atomic E-state index is 0.207. The molecule has 0 fully saturated rings. The zero-order chi connectivity index (χ0) is 13.3. The summed E-state index contributed by atoms with van der Waals surface area (Å²) >= 11 is 3.26. The monoisotopic (exact) mass is 330 g/mol. The lowest BCUT2D eigenvalue weighted by Crippen LogP contribution is -2.27. The first kappa shape index (κ1) is 13.0. The third-order valence-electron chi connectivity index (χ3n) is 2.38. The third kappa shape index (κ3) is 2.39. The van der Waals surface area contributed by atoms with Crippen molar-refractivity contribution in [3.8, 4) is 0 Å². The Bertz CT molecular complexity index is 651. The smallest absolute Gasteiger partial charge is 0.250 e. The predicted molar refractivity (Wildman–Crippen MR) is 70.7 cm³/mol. The quantitative estimate of drug-likeness (QED) is 0.853. The summed E-state index contributed by atoms with van der Waals surface area (Å²) < 4.78 is 26.5. The number of rotatable bonds is 3. The second kappa shape index (κ2) is 4.69. The fraction of sp³-hybridized carbons (Fsp3) is 0.200. The lowest BCUT2D eigenvalue weighted by Gasteiger charge is -2.16. The van der Waals surface area contributed by atoms with Crippen molar-refractivity contribution in [2.24, 2.45) is 7.05 Å². The molecule has 2 rings (SSSR count). The van der Waals surface area contributed by atoms with Crippen molar-refractivity contribution in [1.82, 2.24) is 15.0 Å². The Kier molecular flexibility index (Phi) is 3.40. The largest absolute Gasteiger partial charge is 0.265 e. The first-order chi connectivity index (χ1) is 8.41. The van der Waals surface area contributed by atoms with Crippen LogP contribution in [0, 0.1) is 0 Å². The second-order valence-corrected chi connectivity index (χ2v) is 6.50. The maximum atomic E-state index is 12.3. The number of aromatic nitrogens is 3. The van der Waals surface area contributed by atoms with Gasteiger partial charge in [-0.25, -0.2) is 8.42 Å². The highest BCUT2D eigenvalue weighted by molar-refractivity contribution is 9.10. The van der Waals surface area contributed by atoms with Crippen molar-refractivity contribution in [2.75, 3.05) is 11.4 Å². The molecule has 1 aromatic carbocycles. The van der Waals surface area contributed by atoms with Gasteiger partial charge in [-0.15, -0.1) is 5.10 Å². The van der Waals surface area contributed by atoms with Crippen LogP contribution in [0.4, 0.5) is 5.82 Å². The molecule has 0 aliphatic carbocycles. The summed E-state index contributed by atoms with van der Waals surface area (Å²) in [7, 11) is -0.524. The van der Waals surface area contributed by atoms with E-state index >= 15 is 0 Å². The normalized spacial score (nSPS) is 11.5. The molecule has 0 atom stereocenters. The molecule has 0 spiro atoms. The minimum atomic E-state index is -3.60. The minimum Gasteiger partial charge on any atom is -0.250 e. The fourth-order valence-corrected chi connectivity index (χ4v) is 2.76. The predicted octanol–water partition coefficient (Wildman–Crippen LogP) is 1.40. The number of benzene rings is 1. The van der Waals surface area contributed by atoms with Crippen molar-refractivity contribution in [2.45, 2.75) is 4.90 Å². The highest BCUT2D eigenvalue weighted by atomic mass is 79.9. The first-order valence-electron chi connectivity index (χ1n) is 5.02. The van der Waals surface area contributed by atoms with Gasteiger partial charge in [-0.2, -0.15) is 9.90 Å². The van der Waals surface area contributed by atoms with Gasteiger partial charge < -0.3 is 0 Å². The lowest BCUT2D eigenvalue weighted by molar-refractivity contribution is 0.593. The van der Waals surface area contributed by atoms with Crippen molar-refractivity contribution in [3.63, 3.8) is 0 Å². The van der Waals surface area contributed by atoms with Crippen molar-refractivity contribution in [1.29, 1.82) is 0 Å². The number of hydrogen-bond donors (Lipinski definition) is 0. The van der Waals surface area contributed by atoms with Gasteiger partial charge in [-0.05, 0) is 24.3 Å². The Morgan fingerprint density at radius 2 is 1.89 bits per heavy atom. The van der Waals surface area contributed by atoms with Gasteiger partial charge in [0, 0.05) is 18.6 Å². The molecule has 96 valence electrons. The van der Waals surface area contributed by atoms with Crippen LogP contribution in [0.3, 0.4) is 0 Å².